The van der Waals surface area contributed by atoms with Gasteiger partial charge in [-0.2, -0.15) is 0 Å². The molecule has 0 spiro atoms. The molecule has 0 bridgehead atoms. The van der Waals surface area contributed by atoms with Gasteiger partial charge in [0, 0.05) is 3.57 Å². The van der Waals surface area contributed by atoms with Crippen LogP contribution in [-0.2, 0) is 0 Å². The Morgan fingerprint density at radius 1 is 1.50 bits per heavy atom. The van der Waals surface area contributed by atoms with E-state index < -0.39 is 0 Å². The topological polar surface area (TPSA) is 43.1 Å². The minimum absolute atomic E-state index is 0.384. The number of fused-ring (bicyclic) bond motifs is 1. The Kier molecular flexibility index (Phi) is 1.84. The molecule has 0 fully saturated rings. The van der Waals surface area contributed by atoms with E-state index in [1.807, 2.05) is 12.1 Å². The normalized spacial score (nSPS) is 10.4. The van der Waals surface area contributed by atoms with E-state index in [4.69, 9.17) is 0 Å². The van der Waals surface area contributed by atoms with Crippen LogP contribution in [0.25, 0.3) is 10.9 Å². The van der Waals surface area contributed by atoms with E-state index in [0.717, 1.165) is 3.57 Å². The maximum atomic E-state index is 11.2. The lowest BCUT2D eigenvalue weighted by Gasteiger charge is -1.94. The number of nitrogens with zero attached hydrogens (tertiary/aromatic N) is 1. The van der Waals surface area contributed by atoms with Gasteiger partial charge in [0.1, 0.15) is 0 Å². The Bertz CT molecular complexity index is 472. The third-order valence-corrected chi connectivity index (χ3v) is 2.40. The van der Waals surface area contributed by atoms with E-state index in [2.05, 4.69) is 38.4 Å². The molecule has 0 saturated carbocycles. The van der Waals surface area contributed by atoms with Crippen LogP contribution in [0.4, 0.5) is 0 Å². The van der Waals surface area contributed by atoms with Crippen LogP contribution in [0.15, 0.2) is 27.4 Å². The smallest absolute Gasteiger partial charge is 0.348 e. The lowest BCUT2D eigenvalue weighted by atomic mass is 10.2. The number of hydrogen-bond donors (Lipinski definition) is 0. The largest absolute Gasteiger partial charge is 0.398 e. The third-order valence-electron chi connectivity index (χ3n) is 1.50. The van der Waals surface area contributed by atoms with Gasteiger partial charge in [0.15, 0.2) is 0 Å². The molecule has 0 aliphatic rings. The van der Waals surface area contributed by atoms with Crippen molar-refractivity contribution < 1.29 is 4.42 Å². The van der Waals surface area contributed by atoms with Gasteiger partial charge in [-0.15, -0.1) is 0 Å². The lowest BCUT2D eigenvalue weighted by molar-refractivity contribution is 0.491. The van der Waals surface area contributed by atoms with Crippen LogP contribution in [0.2, 0.25) is 0 Å². The molecule has 1 aromatic heterocycles. The highest BCUT2D eigenvalue weighted by atomic mass is 127. The monoisotopic (exact) mass is 272 g/mol. The summed E-state index contributed by atoms with van der Waals surface area (Å²) in [7, 11) is 0. The Balaban J connectivity index is 3.07. The molecule has 0 aliphatic heterocycles. The molecule has 4 heteroatoms. The first-order valence-corrected chi connectivity index (χ1v) is 4.32. The van der Waals surface area contributed by atoms with Gasteiger partial charge in [0.05, 0.1) is 10.9 Å². The average molecular weight is 272 g/mol. The Hall–Kier alpha value is -0.910. The molecule has 1 aromatic carbocycles. The zero-order valence-corrected chi connectivity index (χ0v) is 8.03. The van der Waals surface area contributed by atoms with Gasteiger partial charge in [-0.25, -0.2) is 9.78 Å². The molecule has 12 heavy (non-hydrogen) atoms. The lowest BCUT2D eigenvalue weighted by Crippen LogP contribution is -2.01. The summed E-state index contributed by atoms with van der Waals surface area (Å²) >= 11 is 2.07. The van der Waals surface area contributed by atoms with Crippen molar-refractivity contribution in [3.8, 4) is 0 Å². The molecule has 0 aliphatic carbocycles. The van der Waals surface area contributed by atoms with E-state index in [9.17, 15) is 4.79 Å². The molecule has 2 aromatic rings. The van der Waals surface area contributed by atoms with Gasteiger partial charge in [-0.05, 0) is 34.7 Å². The number of aromatic nitrogens is 1. The van der Waals surface area contributed by atoms with Crippen molar-refractivity contribution in [2.45, 2.75) is 0 Å². The molecule has 0 unspecified atom stereocenters. The number of halogens is 1. The van der Waals surface area contributed by atoms with Crippen LogP contribution < -0.4 is 5.63 Å². The standard InChI is InChI=1S/C8H3INO2/c9-5-2-1-3-6-7(5)8(11)12-4-10-6/h1-3H. The van der Waals surface area contributed by atoms with Crippen LogP contribution in [0.1, 0.15) is 0 Å². The second-order valence-corrected chi connectivity index (χ2v) is 3.39. The zero-order valence-electron chi connectivity index (χ0n) is 5.87. The van der Waals surface area contributed by atoms with Crippen LogP contribution in [0, 0.1) is 9.96 Å². The summed E-state index contributed by atoms with van der Waals surface area (Å²) in [6, 6.07) is 5.43. The van der Waals surface area contributed by atoms with Crippen molar-refractivity contribution in [3.63, 3.8) is 0 Å². The quantitative estimate of drug-likeness (QED) is 0.684. The minimum Gasteiger partial charge on any atom is -0.398 e. The Labute approximate surface area is 81.6 Å². The summed E-state index contributed by atoms with van der Waals surface area (Å²) in [5, 5.41) is 0.525. The molecule has 0 amide bonds. The van der Waals surface area contributed by atoms with Crippen LogP contribution in [0.3, 0.4) is 0 Å². The van der Waals surface area contributed by atoms with Gasteiger partial charge in [0.25, 0.3) is 6.39 Å². The first-order chi connectivity index (χ1) is 5.79. The molecule has 1 heterocycles. The summed E-state index contributed by atoms with van der Waals surface area (Å²) in [5.74, 6) is 0. The number of benzene rings is 1. The Morgan fingerprint density at radius 2 is 2.33 bits per heavy atom. The first-order valence-electron chi connectivity index (χ1n) is 3.24. The van der Waals surface area contributed by atoms with Crippen molar-refractivity contribution in [3.05, 3.63) is 38.6 Å². The van der Waals surface area contributed by atoms with Gasteiger partial charge in [0.2, 0.25) is 0 Å². The number of hydrogen-bond acceptors (Lipinski definition) is 3. The SMILES string of the molecule is O=c1o[c]nc2cccc(I)c12. The molecule has 3 nitrogen and oxygen atoms in total. The highest BCUT2D eigenvalue weighted by Gasteiger charge is 2.03. The van der Waals surface area contributed by atoms with Crippen molar-refractivity contribution >= 4 is 33.5 Å². The van der Waals surface area contributed by atoms with Crippen LogP contribution >= 0.6 is 22.6 Å². The summed E-state index contributed by atoms with van der Waals surface area (Å²) in [5.41, 5.74) is 0.239. The van der Waals surface area contributed by atoms with Gasteiger partial charge in [-0.3, -0.25) is 0 Å². The van der Waals surface area contributed by atoms with Crippen LogP contribution in [-0.4, -0.2) is 4.98 Å². The van der Waals surface area contributed by atoms with E-state index in [1.54, 1.807) is 6.07 Å². The summed E-state index contributed by atoms with van der Waals surface area (Å²) < 4.78 is 5.37. The summed E-state index contributed by atoms with van der Waals surface area (Å²) in [4.78, 5) is 15.0. The fourth-order valence-corrected chi connectivity index (χ4v) is 1.68. The van der Waals surface area contributed by atoms with E-state index in [0.29, 0.717) is 10.9 Å². The van der Waals surface area contributed by atoms with Crippen LogP contribution in [0.5, 0.6) is 0 Å². The minimum atomic E-state index is -0.384. The molecule has 0 N–H and O–H groups in total. The summed E-state index contributed by atoms with van der Waals surface area (Å²) in [6.07, 6.45) is 2.19. The molecular weight excluding hydrogens is 269 g/mol. The molecule has 2 rings (SSSR count). The van der Waals surface area contributed by atoms with E-state index in [-0.39, 0.29) is 5.63 Å². The van der Waals surface area contributed by atoms with Crippen molar-refractivity contribution in [1.82, 2.24) is 4.98 Å². The molecular formula is C8H3INO2. The predicted molar refractivity (Wildman–Crippen MR) is 51.8 cm³/mol. The number of rotatable bonds is 0. The maximum absolute atomic E-state index is 11.2. The summed E-state index contributed by atoms with van der Waals surface area (Å²) in [6.45, 7) is 0. The third kappa shape index (κ3) is 1.12. The van der Waals surface area contributed by atoms with Gasteiger partial charge >= 0.3 is 5.63 Å². The van der Waals surface area contributed by atoms with Crippen molar-refractivity contribution in [1.29, 1.82) is 0 Å². The molecule has 59 valence electrons. The highest BCUT2D eigenvalue weighted by Crippen LogP contribution is 2.13. The first kappa shape index (κ1) is 7.72. The van der Waals surface area contributed by atoms with E-state index in [1.165, 1.54) is 0 Å². The fourth-order valence-electron chi connectivity index (χ4n) is 0.972. The molecule has 0 atom stereocenters. The Morgan fingerprint density at radius 3 is 3.08 bits per heavy atom. The highest BCUT2D eigenvalue weighted by molar-refractivity contribution is 14.1. The fraction of sp³-hybridized carbons (Fsp3) is 0. The van der Waals surface area contributed by atoms with Gasteiger partial charge in [-0.1, -0.05) is 6.07 Å². The zero-order chi connectivity index (χ0) is 8.55. The van der Waals surface area contributed by atoms with Crippen molar-refractivity contribution in [2.75, 3.05) is 0 Å². The second kappa shape index (κ2) is 2.85. The average Bonchev–Trinajstić information content (AvgIpc) is 2.04. The maximum Gasteiger partial charge on any atom is 0.348 e. The van der Waals surface area contributed by atoms with Crippen molar-refractivity contribution in [2.24, 2.45) is 0 Å². The second-order valence-electron chi connectivity index (χ2n) is 2.23. The van der Waals surface area contributed by atoms with E-state index >= 15 is 0 Å². The predicted octanol–water partition coefficient (Wildman–Crippen LogP) is 1.59. The molecule has 0 saturated heterocycles. The molecule has 1 radical (unpaired) electrons. The van der Waals surface area contributed by atoms with Gasteiger partial charge < -0.3 is 4.42 Å².